The Morgan fingerprint density at radius 1 is 0.758 bits per heavy atom. The highest BCUT2D eigenvalue weighted by Crippen LogP contribution is 2.43. The summed E-state index contributed by atoms with van der Waals surface area (Å²) in [7, 11) is 2.65. The van der Waals surface area contributed by atoms with E-state index >= 15 is 0 Å². The number of methoxy groups -OCH3 is 2. The number of benzene rings is 3. The topological polar surface area (TPSA) is 81.7 Å². The van der Waals surface area contributed by atoms with Gasteiger partial charge in [-0.25, -0.2) is 4.79 Å². The third-order valence-corrected chi connectivity index (χ3v) is 5.72. The van der Waals surface area contributed by atoms with Crippen molar-refractivity contribution in [1.82, 2.24) is 5.32 Å². The molecule has 0 unspecified atom stereocenters. The highest BCUT2D eigenvalue weighted by molar-refractivity contribution is 6.30. The molecule has 3 aromatic rings. The van der Waals surface area contributed by atoms with E-state index in [2.05, 4.69) is 5.32 Å². The molecule has 1 aliphatic rings. The Balaban J connectivity index is 1.92. The van der Waals surface area contributed by atoms with Crippen molar-refractivity contribution in [2.75, 3.05) is 14.2 Å². The summed E-state index contributed by atoms with van der Waals surface area (Å²) in [6.07, 6.45) is 0. The molecule has 0 saturated carbocycles. The fourth-order valence-electron chi connectivity index (χ4n) is 4.18. The van der Waals surface area contributed by atoms with Crippen molar-refractivity contribution in [2.45, 2.75) is 6.04 Å². The van der Waals surface area contributed by atoms with Crippen molar-refractivity contribution in [2.24, 2.45) is 5.92 Å². The second kappa shape index (κ2) is 9.53. The van der Waals surface area contributed by atoms with Crippen molar-refractivity contribution >= 4 is 29.0 Å². The smallest absolute Gasteiger partial charge is 0.337 e. The molecule has 2 atom stereocenters. The maximum Gasteiger partial charge on any atom is 0.337 e. The number of hydrogen-bond donors (Lipinski definition) is 1. The zero-order valence-corrected chi connectivity index (χ0v) is 18.3. The molecule has 33 heavy (non-hydrogen) atoms. The normalized spacial score (nSPS) is 17.8. The number of esters is 2. The highest BCUT2D eigenvalue weighted by atomic mass is 16.5. The number of rotatable bonds is 5. The lowest BCUT2D eigenvalue weighted by Crippen LogP contribution is -2.43. The number of nitrogens with one attached hydrogen (secondary N) is 1. The van der Waals surface area contributed by atoms with E-state index in [4.69, 9.17) is 9.47 Å². The van der Waals surface area contributed by atoms with E-state index < -0.39 is 23.9 Å². The third kappa shape index (κ3) is 4.28. The van der Waals surface area contributed by atoms with Crippen LogP contribution in [0.1, 0.15) is 33.1 Å². The molecule has 1 aliphatic heterocycles. The van der Waals surface area contributed by atoms with Crippen molar-refractivity contribution < 1.29 is 23.9 Å². The van der Waals surface area contributed by atoms with Gasteiger partial charge in [0.1, 0.15) is 5.92 Å². The van der Waals surface area contributed by atoms with E-state index in [1.807, 2.05) is 60.7 Å². The van der Waals surface area contributed by atoms with E-state index in [9.17, 15) is 14.4 Å². The summed E-state index contributed by atoms with van der Waals surface area (Å²) in [5, 5.41) is 3.00. The van der Waals surface area contributed by atoms with Crippen LogP contribution in [-0.2, 0) is 19.1 Å². The second-order valence-corrected chi connectivity index (χ2v) is 7.59. The minimum atomic E-state index is -0.797. The minimum absolute atomic E-state index is 0.290. The van der Waals surface area contributed by atoms with Gasteiger partial charge in [0.25, 0.3) is 5.91 Å². The first-order valence-electron chi connectivity index (χ1n) is 10.5. The summed E-state index contributed by atoms with van der Waals surface area (Å²) < 4.78 is 9.96. The number of ether oxygens (including phenoxy) is 2. The van der Waals surface area contributed by atoms with Crippen LogP contribution < -0.4 is 5.32 Å². The average Bonchev–Trinajstić information content (AvgIpc) is 2.88. The molecule has 6 nitrogen and oxygen atoms in total. The number of hydrogen-bond acceptors (Lipinski definition) is 5. The van der Waals surface area contributed by atoms with E-state index in [0.717, 1.165) is 5.56 Å². The van der Waals surface area contributed by atoms with Crippen LogP contribution in [0, 0.1) is 5.92 Å². The number of carbonyl (C=O) groups excluding carboxylic acids is 3. The number of carbonyl (C=O) groups is 3. The predicted molar refractivity (Wildman–Crippen MR) is 124 cm³/mol. The molecule has 0 radical (unpaired) electrons. The molecule has 1 N–H and O–H groups in total. The summed E-state index contributed by atoms with van der Waals surface area (Å²) in [6.45, 7) is 0. The summed E-state index contributed by atoms with van der Waals surface area (Å²) in [6, 6.07) is 24.6. The lowest BCUT2D eigenvalue weighted by molar-refractivity contribution is -0.144. The van der Waals surface area contributed by atoms with Crippen LogP contribution in [0.3, 0.4) is 0 Å². The summed E-state index contributed by atoms with van der Waals surface area (Å²) in [5.41, 5.74) is 3.55. The maximum atomic E-state index is 13.4. The Morgan fingerprint density at radius 3 is 1.88 bits per heavy atom. The summed E-state index contributed by atoms with van der Waals surface area (Å²) in [4.78, 5) is 38.4. The van der Waals surface area contributed by atoms with Gasteiger partial charge in [-0.2, -0.15) is 0 Å². The van der Waals surface area contributed by atoms with Gasteiger partial charge in [-0.05, 0) is 34.4 Å². The fraction of sp³-hybridized carbons (Fsp3) is 0.148. The second-order valence-electron chi connectivity index (χ2n) is 7.59. The first-order valence-corrected chi connectivity index (χ1v) is 10.5. The minimum Gasteiger partial charge on any atom is -0.468 e. The van der Waals surface area contributed by atoms with Crippen LogP contribution in [-0.4, -0.2) is 32.1 Å². The van der Waals surface area contributed by atoms with Crippen molar-refractivity contribution in [3.63, 3.8) is 0 Å². The molecule has 166 valence electrons. The molecular formula is C27H23NO5. The molecule has 4 rings (SSSR count). The third-order valence-electron chi connectivity index (χ3n) is 5.72. The first-order chi connectivity index (χ1) is 16.0. The Hall–Kier alpha value is -4.19. The van der Waals surface area contributed by atoms with Gasteiger partial charge in [-0.15, -0.1) is 0 Å². The largest absolute Gasteiger partial charge is 0.468 e. The van der Waals surface area contributed by atoms with Gasteiger partial charge >= 0.3 is 11.9 Å². The zero-order chi connectivity index (χ0) is 23.4. The molecule has 0 bridgehead atoms. The van der Waals surface area contributed by atoms with Gasteiger partial charge in [0.2, 0.25) is 0 Å². The quantitative estimate of drug-likeness (QED) is 0.605. The molecule has 0 saturated heterocycles. The fourth-order valence-corrected chi connectivity index (χ4v) is 4.18. The van der Waals surface area contributed by atoms with Gasteiger partial charge < -0.3 is 14.8 Å². The molecular weight excluding hydrogens is 418 g/mol. The molecule has 1 amide bonds. The van der Waals surface area contributed by atoms with Crippen LogP contribution in [0.2, 0.25) is 0 Å². The van der Waals surface area contributed by atoms with Crippen LogP contribution in [0.4, 0.5) is 0 Å². The lowest BCUT2D eigenvalue weighted by atomic mass is 9.76. The monoisotopic (exact) mass is 441 g/mol. The highest BCUT2D eigenvalue weighted by Gasteiger charge is 2.42. The van der Waals surface area contributed by atoms with E-state index in [0.29, 0.717) is 27.8 Å². The molecule has 0 aliphatic carbocycles. The van der Waals surface area contributed by atoms with Crippen LogP contribution in [0.25, 0.3) is 11.1 Å². The lowest BCUT2D eigenvalue weighted by Gasteiger charge is -2.35. The van der Waals surface area contributed by atoms with Crippen molar-refractivity contribution in [1.29, 1.82) is 0 Å². The van der Waals surface area contributed by atoms with Gasteiger partial charge in [0, 0.05) is 0 Å². The van der Waals surface area contributed by atoms with Crippen molar-refractivity contribution in [3.05, 3.63) is 107 Å². The Labute approximate surface area is 191 Å². The van der Waals surface area contributed by atoms with Crippen molar-refractivity contribution in [3.8, 4) is 0 Å². The van der Waals surface area contributed by atoms with Gasteiger partial charge in [-0.1, -0.05) is 72.8 Å². The van der Waals surface area contributed by atoms with Gasteiger partial charge in [-0.3, -0.25) is 9.59 Å². The van der Waals surface area contributed by atoms with Crippen LogP contribution in [0.15, 0.2) is 84.9 Å². The Morgan fingerprint density at radius 2 is 1.33 bits per heavy atom. The molecule has 0 aromatic heterocycles. The molecule has 6 heteroatoms. The average molecular weight is 441 g/mol. The zero-order valence-electron chi connectivity index (χ0n) is 18.3. The van der Waals surface area contributed by atoms with Crippen LogP contribution in [0.5, 0.6) is 0 Å². The summed E-state index contributed by atoms with van der Waals surface area (Å²) >= 11 is 0. The Bertz CT molecular complexity index is 1200. The molecule has 3 aromatic carbocycles. The van der Waals surface area contributed by atoms with E-state index in [-0.39, 0.29) is 5.91 Å². The predicted octanol–water partition coefficient (Wildman–Crippen LogP) is 4.04. The van der Waals surface area contributed by atoms with Gasteiger partial charge in [0.05, 0.1) is 31.4 Å². The molecule has 1 heterocycles. The molecule has 0 fully saturated rings. The van der Waals surface area contributed by atoms with Crippen LogP contribution >= 0.6 is 0 Å². The Kier molecular flexibility index (Phi) is 6.36. The standard InChI is InChI=1S/C27H23NO5/c1-32-26(30)20-15-13-19(14-16-20)24-23(27(31)33-2)21(17-9-5-3-6-10-17)22(25(29)28-24)18-11-7-4-8-12-18/h3-16,23-24H,1-2H3,(H,28,29)/t23-,24+/m0/s1. The molecule has 0 spiro atoms. The van der Waals surface area contributed by atoms with E-state index in [1.165, 1.54) is 14.2 Å². The van der Waals surface area contributed by atoms with Gasteiger partial charge in [0.15, 0.2) is 0 Å². The maximum absolute atomic E-state index is 13.4. The van der Waals surface area contributed by atoms with E-state index in [1.54, 1.807) is 24.3 Å². The number of amides is 1. The first kappa shape index (κ1) is 22.0. The SMILES string of the molecule is COC(=O)c1ccc([C@H]2NC(=O)C(c3ccccc3)=C(c3ccccc3)[C@@H]2C(=O)OC)cc1. The summed E-state index contributed by atoms with van der Waals surface area (Å²) in [5.74, 6) is -2.02.